The molecule has 1 aliphatic heterocycles. The number of ether oxygens (including phenoxy) is 2. The summed E-state index contributed by atoms with van der Waals surface area (Å²) in [7, 11) is 0. The minimum atomic E-state index is -0.382. The van der Waals surface area contributed by atoms with Crippen LogP contribution in [0.2, 0.25) is 0 Å². The Balaban J connectivity index is 1.59. The van der Waals surface area contributed by atoms with Crippen LogP contribution in [-0.2, 0) is 4.74 Å². The lowest BCUT2D eigenvalue weighted by molar-refractivity contribution is 0.0416. The topological polar surface area (TPSA) is 90.6 Å². The molecular weight excluding hydrogens is 356 g/mol. The van der Waals surface area contributed by atoms with Crippen LogP contribution in [0.5, 0.6) is 5.75 Å². The first kappa shape index (κ1) is 17.9. The Morgan fingerprint density at radius 2 is 1.61 bits per heavy atom. The highest BCUT2D eigenvalue weighted by atomic mass is 16.6. The molecule has 3 aromatic rings. The highest BCUT2D eigenvalue weighted by molar-refractivity contribution is 5.73. The van der Waals surface area contributed by atoms with Gasteiger partial charge >= 0.3 is 6.09 Å². The summed E-state index contributed by atoms with van der Waals surface area (Å²) in [5.41, 5.74) is 9.06. The molecule has 28 heavy (non-hydrogen) atoms. The minimum Gasteiger partial charge on any atom is -0.410 e. The summed E-state index contributed by atoms with van der Waals surface area (Å²) in [6, 6.07) is 18.9. The highest BCUT2D eigenvalue weighted by Crippen LogP contribution is 2.27. The van der Waals surface area contributed by atoms with E-state index in [0.717, 1.165) is 16.8 Å². The minimum absolute atomic E-state index is 0.187. The predicted octanol–water partition coefficient (Wildman–Crippen LogP) is 3.22. The van der Waals surface area contributed by atoms with Gasteiger partial charge in [0.15, 0.2) is 0 Å². The monoisotopic (exact) mass is 376 g/mol. The van der Waals surface area contributed by atoms with Gasteiger partial charge in [-0.25, -0.2) is 14.8 Å². The number of anilines is 1. The summed E-state index contributed by atoms with van der Waals surface area (Å²) in [5, 5.41) is 0. The van der Waals surface area contributed by atoms with Crippen LogP contribution >= 0.6 is 0 Å². The van der Waals surface area contributed by atoms with Gasteiger partial charge in [0.1, 0.15) is 5.75 Å². The molecule has 0 radical (unpaired) electrons. The zero-order valence-electron chi connectivity index (χ0n) is 15.2. The largest absolute Gasteiger partial charge is 0.415 e. The standard InChI is InChI=1S/C21H20N4O3/c22-20-23-18(15-5-2-1-3-6-15)14-19(24-20)16-7-4-8-17(13-16)28-21(26)25-9-11-27-12-10-25/h1-8,13-14H,9-12H2,(H2,22,23,24). The normalized spacial score (nSPS) is 13.9. The number of hydrogen-bond donors (Lipinski definition) is 1. The van der Waals surface area contributed by atoms with Crippen LogP contribution in [0.3, 0.4) is 0 Å². The molecule has 1 fully saturated rings. The molecule has 4 rings (SSSR count). The van der Waals surface area contributed by atoms with Crippen molar-refractivity contribution in [3.05, 3.63) is 60.7 Å². The molecule has 7 nitrogen and oxygen atoms in total. The molecular formula is C21H20N4O3. The van der Waals surface area contributed by atoms with Crippen LogP contribution in [0.4, 0.5) is 10.7 Å². The lowest BCUT2D eigenvalue weighted by Crippen LogP contribution is -2.42. The Morgan fingerprint density at radius 3 is 2.36 bits per heavy atom. The van der Waals surface area contributed by atoms with Gasteiger partial charge in [-0.15, -0.1) is 0 Å². The third kappa shape index (κ3) is 4.10. The molecule has 1 amide bonds. The average Bonchev–Trinajstić information content (AvgIpc) is 2.75. The van der Waals surface area contributed by atoms with Gasteiger partial charge < -0.3 is 20.1 Å². The maximum atomic E-state index is 12.3. The van der Waals surface area contributed by atoms with Gasteiger partial charge in [0.25, 0.3) is 0 Å². The lowest BCUT2D eigenvalue weighted by Gasteiger charge is -2.25. The van der Waals surface area contributed by atoms with Crippen molar-refractivity contribution in [2.75, 3.05) is 32.0 Å². The fraction of sp³-hybridized carbons (Fsp3) is 0.190. The van der Waals surface area contributed by atoms with Crippen LogP contribution in [0.1, 0.15) is 0 Å². The number of aromatic nitrogens is 2. The quantitative estimate of drug-likeness (QED) is 0.755. The first-order chi connectivity index (χ1) is 13.7. The molecule has 0 atom stereocenters. The lowest BCUT2D eigenvalue weighted by atomic mass is 10.1. The number of carbonyl (C=O) groups is 1. The molecule has 1 aliphatic rings. The first-order valence-corrected chi connectivity index (χ1v) is 9.04. The maximum Gasteiger partial charge on any atom is 0.415 e. The smallest absolute Gasteiger partial charge is 0.410 e. The van der Waals surface area contributed by atoms with E-state index in [1.165, 1.54) is 0 Å². The van der Waals surface area contributed by atoms with Crippen molar-refractivity contribution < 1.29 is 14.3 Å². The first-order valence-electron chi connectivity index (χ1n) is 9.04. The molecule has 2 heterocycles. The summed E-state index contributed by atoms with van der Waals surface area (Å²) in [6.07, 6.45) is -0.382. The summed E-state index contributed by atoms with van der Waals surface area (Å²) >= 11 is 0. The van der Waals surface area contributed by atoms with E-state index in [9.17, 15) is 4.79 Å². The predicted molar refractivity (Wildman–Crippen MR) is 106 cm³/mol. The highest BCUT2D eigenvalue weighted by Gasteiger charge is 2.19. The van der Waals surface area contributed by atoms with E-state index in [2.05, 4.69) is 9.97 Å². The summed E-state index contributed by atoms with van der Waals surface area (Å²) < 4.78 is 10.8. The van der Waals surface area contributed by atoms with E-state index >= 15 is 0 Å². The van der Waals surface area contributed by atoms with Crippen LogP contribution in [0, 0.1) is 0 Å². The van der Waals surface area contributed by atoms with Crippen molar-refractivity contribution in [1.82, 2.24) is 14.9 Å². The van der Waals surface area contributed by atoms with Crippen LogP contribution < -0.4 is 10.5 Å². The molecule has 1 saturated heterocycles. The fourth-order valence-electron chi connectivity index (χ4n) is 3.00. The number of morpholine rings is 1. The van der Waals surface area contributed by atoms with Crippen molar-refractivity contribution in [3.8, 4) is 28.3 Å². The molecule has 7 heteroatoms. The van der Waals surface area contributed by atoms with Crippen LogP contribution in [-0.4, -0.2) is 47.3 Å². The van der Waals surface area contributed by atoms with Gasteiger partial charge in [0, 0.05) is 24.2 Å². The van der Waals surface area contributed by atoms with Crippen LogP contribution in [0.15, 0.2) is 60.7 Å². The van der Waals surface area contributed by atoms with Gasteiger partial charge in [-0.2, -0.15) is 0 Å². The second kappa shape index (κ2) is 8.06. The number of amides is 1. The maximum absolute atomic E-state index is 12.3. The number of carbonyl (C=O) groups excluding carboxylic acids is 1. The van der Waals surface area contributed by atoms with Gasteiger partial charge in [-0.1, -0.05) is 42.5 Å². The molecule has 0 bridgehead atoms. The number of rotatable bonds is 3. The summed E-state index contributed by atoms with van der Waals surface area (Å²) in [6.45, 7) is 2.11. The summed E-state index contributed by atoms with van der Waals surface area (Å²) in [5.74, 6) is 0.638. The van der Waals surface area contributed by atoms with E-state index in [4.69, 9.17) is 15.2 Å². The Labute approximate surface area is 162 Å². The molecule has 0 spiro atoms. The summed E-state index contributed by atoms with van der Waals surface area (Å²) in [4.78, 5) is 22.6. The fourth-order valence-corrected chi connectivity index (χ4v) is 3.00. The second-order valence-corrected chi connectivity index (χ2v) is 6.36. The molecule has 1 aromatic heterocycles. The zero-order valence-corrected chi connectivity index (χ0v) is 15.2. The average molecular weight is 376 g/mol. The number of nitrogens with two attached hydrogens (primary N) is 1. The van der Waals surface area contributed by atoms with E-state index in [1.54, 1.807) is 17.0 Å². The number of nitrogens with zero attached hydrogens (tertiary/aromatic N) is 3. The number of hydrogen-bond acceptors (Lipinski definition) is 6. The third-order valence-corrected chi connectivity index (χ3v) is 4.42. The van der Waals surface area contributed by atoms with Gasteiger partial charge in [0.2, 0.25) is 5.95 Å². The number of benzene rings is 2. The van der Waals surface area contributed by atoms with E-state index < -0.39 is 0 Å². The Hall–Kier alpha value is -3.45. The molecule has 0 unspecified atom stereocenters. The van der Waals surface area contributed by atoms with Crippen molar-refractivity contribution in [2.45, 2.75) is 0 Å². The second-order valence-electron chi connectivity index (χ2n) is 6.36. The Bertz CT molecular complexity index is 972. The van der Waals surface area contributed by atoms with E-state index in [0.29, 0.717) is 37.7 Å². The van der Waals surface area contributed by atoms with Crippen molar-refractivity contribution in [3.63, 3.8) is 0 Å². The molecule has 2 aromatic carbocycles. The zero-order chi connectivity index (χ0) is 19.3. The molecule has 142 valence electrons. The Morgan fingerprint density at radius 1 is 0.929 bits per heavy atom. The van der Waals surface area contributed by atoms with Crippen molar-refractivity contribution in [2.24, 2.45) is 0 Å². The van der Waals surface area contributed by atoms with Gasteiger partial charge in [-0.05, 0) is 18.2 Å². The molecule has 2 N–H and O–H groups in total. The SMILES string of the molecule is Nc1nc(-c2ccccc2)cc(-c2cccc(OC(=O)N3CCOCC3)c2)n1. The number of nitrogen functional groups attached to an aromatic ring is 1. The third-order valence-electron chi connectivity index (χ3n) is 4.42. The van der Waals surface area contributed by atoms with Crippen molar-refractivity contribution >= 4 is 12.0 Å². The van der Waals surface area contributed by atoms with E-state index in [-0.39, 0.29) is 12.0 Å². The van der Waals surface area contributed by atoms with Gasteiger partial charge in [-0.3, -0.25) is 0 Å². The molecule has 0 aliphatic carbocycles. The van der Waals surface area contributed by atoms with E-state index in [1.807, 2.05) is 48.5 Å². The molecule has 0 saturated carbocycles. The van der Waals surface area contributed by atoms with Crippen molar-refractivity contribution in [1.29, 1.82) is 0 Å². The van der Waals surface area contributed by atoms with Gasteiger partial charge in [0.05, 0.1) is 24.6 Å². The Kier molecular flexibility index (Phi) is 5.16. The van der Waals surface area contributed by atoms with Crippen LogP contribution in [0.25, 0.3) is 22.5 Å².